The minimum absolute atomic E-state index is 0. The second-order valence-corrected chi connectivity index (χ2v) is 6.10. The van der Waals surface area contributed by atoms with Crippen molar-refractivity contribution in [1.82, 2.24) is 20.2 Å². The van der Waals surface area contributed by atoms with Gasteiger partial charge in [0.2, 0.25) is 0 Å². The fraction of sp³-hybridized carbons (Fsp3) is 0.688. The Morgan fingerprint density at radius 1 is 1.30 bits per heavy atom. The van der Waals surface area contributed by atoms with Crippen LogP contribution in [-0.4, -0.2) is 53.6 Å². The van der Waals surface area contributed by atoms with E-state index in [0.717, 1.165) is 56.3 Å². The Labute approximate surface area is 156 Å². The summed E-state index contributed by atoms with van der Waals surface area (Å²) < 4.78 is 0. The first-order valence-corrected chi connectivity index (χ1v) is 8.22. The summed E-state index contributed by atoms with van der Waals surface area (Å²) >= 11 is 0. The van der Waals surface area contributed by atoms with Gasteiger partial charge in [0, 0.05) is 38.6 Å². The molecule has 1 aliphatic rings. The van der Waals surface area contributed by atoms with Crippen LogP contribution in [0.3, 0.4) is 0 Å². The SMILES string of the molecule is CCNC(=NCCNc1cnccn1)N1CC(C)CC(C)C1.I. The van der Waals surface area contributed by atoms with Crippen molar-refractivity contribution in [3.63, 3.8) is 0 Å². The molecule has 2 heterocycles. The lowest BCUT2D eigenvalue weighted by Gasteiger charge is -2.37. The zero-order chi connectivity index (χ0) is 15.8. The van der Waals surface area contributed by atoms with Gasteiger partial charge in [0.1, 0.15) is 5.82 Å². The average molecular weight is 432 g/mol. The van der Waals surface area contributed by atoms with Gasteiger partial charge < -0.3 is 15.5 Å². The summed E-state index contributed by atoms with van der Waals surface area (Å²) in [6, 6.07) is 0. The number of hydrogen-bond acceptors (Lipinski definition) is 4. The van der Waals surface area contributed by atoms with Crippen LogP contribution in [0.2, 0.25) is 0 Å². The number of halogens is 1. The molecule has 0 aliphatic carbocycles. The smallest absolute Gasteiger partial charge is 0.193 e. The van der Waals surface area contributed by atoms with Crippen LogP contribution in [0.5, 0.6) is 0 Å². The van der Waals surface area contributed by atoms with Gasteiger partial charge in [-0.25, -0.2) is 4.98 Å². The summed E-state index contributed by atoms with van der Waals surface area (Å²) in [6.45, 7) is 11.3. The van der Waals surface area contributed by atoms with E-state index in [2.05, 4.69) is 46.3 Å². The molecule has 0 saturated carbocycles. The fourth-order valence-electron chi connectivity index (χ4n) is 3.00. The maximum absolute atomic E-state index is 4.74. The number of aromatic nitrogens is 2. The highest BCUT2D eigenvalue weighted by atomic mass is 127. The molecule has 23 heavy (non-hydrogen) atoms. The molecule has 0 radical (unpaired) electrons. The van der Waals surface area contributed by atoms with Crippen LogP contribution in [0.1, 0.15) is 27.2 Å². The maximum Gasteiger partial charge on any atom is 0.193 e. The standard InChI is InChI=1S/C16H28N6.HI/c1-4-18-16(22-11-13(2)9-14(3)12-22)21-8-7-20-15-10-17-5-6-19-15;/h5-6,10,13-14H,4,7-9,11-12H2,1-3H3,(H,18,21)(H,19,20);1H. The molecule has 2 unspecified atom stereocenters. The zero-order valence-corrected chi connectivity index (χ0v) is 16.7. The van der Waals surface area contributed by atoms with Crippen molar-refractivity contribution < 1.29 is 0 Å². The van der Waals surface area contributed by atoms with Crippen molar-refractivity contribution in [3.8, 4) is 0 Å². The number of anilines is 1. The van der Waals surface area contributed by atoms with Gasteiger partial charge in [-0.2, -0.15) is 0 Å². The molecule has 2 N–H and O–H groups in total. The number of aliphatic imine (C=N–C) groups is 1. The Kier molecular flexibility index (Phi) is 9.20. The van der Waals surface area contributed by atoms with E-state index in [1.807, 2.05) is 0 Å². The molecular weight excluding hydrogens is 403 g/mol. The van der Waals surface area contributed by atoms with Crippen molar-refractivity contribution >= 4 is 35.8 Å². The number of nitrogens with zero attached hydrogens (tertiary/aromatic N) is 4. The second-order valence-electron chi connectivity index (χ2n) is 6.10. The predicted octanol–water partition coefficient (Wildman–Crippen LogP) is 2.45. The highest BCUT2D eigenvalue weighted by Crippen LogP contribution is 2.20. The summed E-state index contributed by atoms with van der Waals surface area (Å²) in [7, 11) is 0. The number of guanidine groups is 1. The molecule has 1 aromatic rings. The van der Waals surface area contributed by atoms with E-state index >= 15 is 0 Å². The van der Waals surface area contributed by atoms with E-state index in [1.165, 1.54) is 6.42 Å². The van der Waals surface area contributed by atoms with Crippen LogP contribution in [0.4, 0.5) is 5.82 Å². The third-order valence-corrected chi connectivity index (χ3v) is 3.75. The van der Waals surface area contributed by atoms with Crippen LogP contribution in [0, 0.1) is 11.8 Å². The van der Waals surface area contributed by atoms with Crippen molar-refractivity contribution in [2.75, 3.05) is 38.0 Å². The maximum atomic E-state index is 4.74. The Bertz CT molecular complexity index is 457. The first-order valence-electron chi connectivity index (χ1n) is 8.22. The Morgan fingerprint density at radius 2 is 2.04 bits per heavy atom. The van der Waals surface area contributed by atoms with Gasteiger partial charge in [-0.15, -0.1) is 24.0 Å². The molecule has 7 heteroatoms. The van der Waals surface area contributed by atoms with Crippen LogP contribution in [0.15, 0.2) is 23.6 Å². The molecule has 0 amide bonds. The molecule has 2 rings (SSSR count). The Hall–Kier alpha value is -1.12. The molecule has 0 bridgehead atoms. The molecule has 6 nitrogen and oxygen atoms in total. The number of piperidine rings is 1. The van der Waals surface area contributed by atoms with Gasteiger partial charge in [0.05, 0.1) is 12.7 Å². The third-order valence-electron chi connectivity index (χ3n) is 3.75. The normalized spacial score (nSPS) is 21.5. The predicted molar refractivity (Wildman–Crippen MR) is 106 cm³/mol. The number of nitrogens with one attached hydrogen (secondary N) is 2. The van der Waals surface area contributed by atoms with Crippen LogP contribution in [0.25, 0.3) is 0 Å². The molecular formula is C16H29IN6. The lowest BCUT2D eigenvalue weighted by Crippen LogP contribution is -2.48. The van der Waals surface area contributed by atoms with Crippen LogP contribution in [-0.2, 0) is 0 Å². The number of hydrogen-bond donors (Lipinski definition) is 2. The number of likely N-dealkylation sites (tertiary alicyclic amines) is 1. The van der Waals surface area contributed by atoms with Gasteiger partial charge in [0.15, 0.2) is 5.96 Å². The van der Waals surface area contributed by atoms with Crippen LogP contribution >= 0.6 is 24.0 Å². The molecule has 0 aromatic carbocycles. The highest BCUT2D eigenvalue weighted by Gasteiger charge is 2.23. The van der Waals surface area contributed by atoms with E-state index in [-0.39, 0.29) is 24.0 Å². The van der Waals surface area contributed by atoms with Crippen molar-refractivity contribution in [2.24, 2.45) is 16.8 Å². The Morgan fingerprint density at radius 3 is 2.65 bits per heavy atom. The first-order chi connectivity index (χ1) is 10.7. The molecule has 1 aliphatic heterocycles. The minimum atomic E-state index is 0. The Balaban J connectivity index is 0.00000264. The largest absolute Gasteiger partial charge is 0.367 e. The van der Waals surface area contributed by atoms with E-state index in [9.17, 15) is 0 Å². The monoisotopic (exact) mass is 432 g/mol. The third kappa shape index (κ3) is 6.88. The molecule has 1 saturated heterocycles. The van der Waals surface area contributed by atoms with E-state index in [1.54, 1.807) is 18.6 Å². The molecule has 130 valence electrons. The average Bonchev–Trinajstić information content (AvgIpc) is 2.50. The lowest BCUT2D eigenvalue weighted by molar-refractivity contribution is 0.208. The van der Waals surface area contributed by atoms with E-state index in [4.69, 9.17) is 4.99 Å². The summed E-state index contributed by atoms with van der Waals surface area (Å²) in [6.07, 6.45) is 6.39. The van der Waals surface area contributed by atoms with Crippen molar-refractivity contribution in [2.45, 2.75) is 27.2 Å². The molecule has 1 fully saturated rings. The molecule has 1 aromatic heterocycles. The second kappa shape index (κ2) is 10.6. The highest BCUT2D eigenvalue weighted by molar-refractivity contribution is 14.0. The van der Waals surface area contributed by atoms with Gasteiger partial charge in [-0.05, 0) is 25.2 Å². The van der Waals surface area contributed by atoms with Gasteiger partial charge in [0.25, 0.3) is 0 Å². The van der Waals surface area contributed by atoms with Crippen molar-refractivity contribution in [1.29, 1.82) is 0 Å². The van der Waals surface area contributed by atoms with Gasteiger partial charge >= 0.3 is 0 Å². The number of rotatable bonds is 5. The molecule has 0 spiro atoms. The zero-order valence-electron chi connectivity index (χ0n) is 14.3. The first kappa shape index (κ1) is 19.9. The lowest BCUT2D eigenvalue weighted by atomic mass is 9.92. The van der Waals surface area contributed by atoms with Gasteiger partial charge in [-0.3, -0.25) is 9.98 Å². The fourth-order valence-corrected chi connectivity index (χ4v) is 3.00. The summed E-state index contributed by atoms with van der Waals surface area (Å²) in [5.41, 5.74) is 0. The summed E-state index contributed by atoms with van der Waals surface area (Å²) in [5.74, 6) is 3.28. The summed E-state index contributed by atoms with van der Waals surface area (Å²) in [5, 5.41) is 6.65. The van der Waals surface area contributed by atoms with E-state index < -0.39 is 0 Å². The van der Waals surface area contributed by atoms with E-state index in [0.29, 0.717) is 0 Å². The van der Waals surface area contributed by atoms with Crippen LogP contribution < -0.4 is 10.6 Å². The topological polar surface area (TPSA) is 65.4 Å². The minimum Gasteiger partial charge on any atom is -0.367 e. The van der Waals surface area contributed by atoms with Crippen molar-refractivity contribution in [3.05, 3.63) is 18.6 Å². The quantitative estimate of drug-likeness (QED) is 0.324. The van der Waals surface area contributed by atoms with Gasteiger partial charge in [-0.1, -0.05) is 13.8 Å². The summed E-state index contributed by atoms with van der Waals surface area (Å²) in [4.78, 5) is 15.4. The molecule has 2 atom stereocenters.